The molecule has 0 radical (unpaired) electrons. The van der Waals surface area contributed by atoms with Crippen LogP contribution in [-0.4, -0.2) is 30.2 Å². The van der Waals surface area contributed by atoms with Crippen LogP contribution in [0.2, 0.25) is 0 Å². The number of nitrogens with one attached hydrogen (secondary N) is 1. The average Bonchev–Trinajstić information content (AvgIpc) is 2.82. The SMILES string of the molecule is COC(=O)C(Oc1cc(-c2nc3ccccc3c(=O)[nH]2)ccc1OC)c1ccccc1. The molecule has 0 aliphatic heterocycles. The maximum atomic E-state index is 12.5. The molecule has 156 valence electrons. The normalized spacial score (nSPS) is 11.7. The van der Waals surface area contributed by atoms with Crippen molar-refractivity contribution in [1.29, 1.82) is 0 Å². The second-order valence-corrected chi connectivity index (χ2v) is 6.73. The van der Waals surface area contributed by atoms with Gasteiger partial charge in [-0.1, -0.05) is 42.5 Å². The van der Waals surface area contributed by atoms with Gasteiger partial charge in [-0.2, -0.15) is 0 Å². The van der Waals surface area contributed by atoms with Crippen LogP contribution in [0.1, 0.15) is 11.7 Å². The van der Waals surface area contributed by atoms with Crippen molar-refractivity contribution in [1.82, 2.24) is 9.97 Å². The van der Waals surface area contributed by atoms with Crippen LogP contribution in [0.5, 0.6) is 11.5 Å². The fraction of sp³-hybridized carbons (Fsp3) is 0.125. The fourth-order valence-electron chi connectivity index (χ4n) is 3.25. The topological polar surface area (TPSA) is 90.5 Å². The van der Waals surface area contributed by atoms with E-state index in [9.17, 15) is 9.59 Å². The molecule has 0 aliphatic carbocycles. The molecule has 7 nitrogen and oxygen atoms in total. The van der Waals surface area contributed by atoms with Gasteiger partial charge in [-0.15, -0.1) is 0 Å². The smallest absolute Gasteiger partial charge is 0.351 e. The number of methoxy groups -OCH3 is 2. The van der Waals surface area contributed by atoms with Crippen molar-refractivity contribution in [2.45, 2.75) is 6.10 Å². The molecule has 0 saturated carbocycles. The lowest BCUT2D eigenvalue weighted by atomic mass is 10.1. The van der Waals surface area contributed by atoms with Crippen LogP contribution in [0.4, 0.5) is 0 Å². The first-order valence-electron chi connectivity index (χ1n) is 9.57. The van der Waals surface area contributed by atoms with Gasteiger partial charge < -0.3 is 19.2 Å². The molecular formula is C24H20N2O5. The Morgan fingerprint density at radius 3 is 2.42 bits per heavy atom. The van der Waals surface area contributed by atoms with Crippen molar-refractivity contribution >= 4 is 16.9 Å². The van der Waals surface area contributed by atoms with Gasteiger partial charge in [-0.3, -0.25) is 4.79 Å². The Labute approximate surface area is 178 Å². The second-order valence-electron chi connectivity index (χ2n) is 6.73. The predicted molar refractivity (Wildman–Crippen MR) is 116 cm³/mol. The molecule has 4 aromatic rings. The molecule has 1 atom stereocenters. The number of ether oxygens (including phenoxy) is 3. The minimum absolute atomic E-state index is 0.240. The van der Waals surface area contributed by atoms with E-state index in [1.807, 2.05) is 24.3 Å². The van der Waals surface area contributed by atoms with Crippen LogP contribution in [-0.2, 0) is 9.53 Å². The summed E-state index contributed by atoms with van der Waals surface area (Å²) in [5.74, 6) is 0.577. The van der Waals surface area contributed by atoms with E-state index < -0.39 is 12.1 Å². The summed E-state index contributed by atoms with van der Waals surface area (Å²) in [4.78, 5) is 32.2. The molecule has 0 amide bonds. The number of para-hydroxylation sites is 1. The van der Waals surface area contributed by atoms with Gasteiger partial charge in [0.15, 0.2) is 11.5 Å². The van der Waals surface area contributed by atoms with E-state index in [1.165, 1.54) is 14.2 Å². The molecule has 0 spiro atoms. The van der Waals surface area contributed by atoms with Gasteiger partial charge >= 0.3 is 5.97 Å². The number of H-pyrrole nitrogens is 1. The zero-order chi connectivity index (χ0) is 21.8. The molecule has 0 fully saturated rings. The van der Waals surface area contributed by atoms with Crippen molar-refractivity contribution in [3.8, 4) is 22.9 Å². The molecule has 7 heteroatoms. The number of nitrogens with zero attached hydrogens (tertiary/aromatic N) is 1. The predicted octanol–water partition coefficient (Wildman–Crippen LogP) is 3.89. The minimum Gasteiger partial charge on any atom is -0.493 e. The Morgan fingerprint density at radius 1 is 0.935 bits per heavy atom. The number of carbonyl (C=O) groups is 1. The quantitative estimate of drug-likeness (QED) is 0.480. The highest BCUT2D eigenvalue weighted by atomic mass is 16.6. The third-order valence-corrected chi connectivity index (χ3v) is 4.81. The highest BCUT2D eigenvalue weighted by Gasteiger charge is 2.25. The van der Waals surface area contributed by atoms with E-state index in [0.717, 1.165) is 0 Å². The van der Waals surface area contributed by atoms with Gasteiger partial charge in [0.05, 0.1) is 25.1 Å². The van der Waals surface area contributed by atoms with E-state index in [-0.39, 0.29) is 5.56 Å². The number of hydrogen-bond acceptors (Lipinski definition) is 6. The van der Waals surface area contributed by atoms with E-state index in [4.69, 9.17) is 14.2 Å². The Hall–Kier alpha value is -4.13. The van der Waals surface area contributed by atoms with Crippen LogP contribution in [0, 0.1) is 0 Å². The van der Waals surface area contributed by atoms with Gasteiger partial charge in [0.1, 0.15) is 5.82 Å². The monoisotopic (exact) mass is 416 g/mol. The lowest BCUT2D eigenvalue weighted by Gasteiger charge is -2.19. The Morgan fingerprint density at radius 2 is 1.68 bits per heavy atom. The van der Waals surface area contributed by atoms with E-state index in [1.54, 1.807) is 48.5 Å². The van der Waals surface area contributed by atoms with Crippen molar-refractivity contribution in [3.05, 3.63) is 88.7 Å². The Bertz CT molecular complexity index is 1280. The van der Waals surface area contributed by atoms with Gasteiger partial charge in [0.2, 0.25) is 6.10 Å². The van der Waals surface area contributed by atoms with Gasteiger partial charge in [-0.05, 0) is 30.3 Å². The average molecular weight is 416 g/mol. The molecular weight excluding hydrogens is 396 g/mol. The molecule has 1 aromatic heterocycles. The summed E-state index contributed by atoms with van der Waals surface area (Å²) >= 11 is 0. The number of benzene rings is 3. The highest BCUT2D eigenvalue weighted by Crippen LogP contribution is 2.35. The summed E-state index contributed by atoms with van der Waals surface area (Å²) in [6.07, 6.45) is -0.987. The van der Waals surface area contributed by atoms with Crippen LogP contribution < -0.4 is 15.0 Å². The Balaban J connectivity index is 1.77. The maximum Gasteiger partial charge on any atom is 0.351 e. The van der Waals surface area contributed by atoms with Gasteiger partial charge in [0, 0.05) is 11.1 Å². The molecule has 0 bridgehead atoms. The number of esters is 1. The van der Waals surface area contributed by atoms with Crippen LogP contribution >= 0.6 is 0 Å². The first kappa shape index (κ1) is 20.2. The second kappa shape index (κ2) is 8.71. The molecule has 3 aromatic carbocycles. The zero-order valence-corrected chi connectivity index (χ0v) is 17.0. The number of aromatic amines is 1. The number of fused-ring (bicyclic) bond motifs is 1. The first-order chi connectivity index (χ1) is 15.1. The van der Waals surface area contributed by atoms with Gasteiger partial charge in [0.25, 0.3) is 5.56 Å². The van der Waals surface area contributed by atoms with Gasteiger partial charge in [-0.25, -0.2) is 9.78 Å². The molecule has 1 heterocycles. The molecule has 1 N–H and O–H groups in total. The highest BCUT2D eigenvalue weighted by molar-refractivity contribution is 5.80. The number of aromatic nitrogens is 2. The Kier molecular flexibility index (Phi) is 5.66. The van der Waals surface area contributed by atoms with E-state index in [2.05, 4.69) is 9.97 Å². The number of rotatable bonds is 6. The number of hydrogen-bond donors (Lipinski definition) is 1. The van der Waals surface area contributed by atoms with Crippen molar-refractivity contribution in [3.63, 3.8) is 0 Å². The minimum atomic E-state index is -0.987. The number of carbonyl (C=O) groups excluding carboxylic acids is 1. The summed E-state index contributed by atoms with van der Waals surface area (Å²) in [6, 6.07) is 21.3. The van der Waals surface area contributed by atoms with Crippen LogP contribution in [0.3, 0.4) is 0 Å². The summed E-state index contributed by atoms with van der Waals surface area (Å²) in [7, 11) is 2.81. The third kappa shape index (κ3) is 4.11. The zero-order valence-electron chi connectivity index (χ0n) is 17.0. The van der Waals surface area contributed by atoms with E-state index >= 15 is 0 Å². The lowest BCUT2D eigenvalue weighted by molar-refractivity contribution is -0.149. The fourth-order valence-corrected chi connectivity index (χ4v) is 3.25. The first-order valence-corrected chi connectivity index (χ1v) is 9.57. The van der Waals surface area contributed by atoms with Crippen molar-refractivity contribution in [2.75, 3.05) is 14.2 Å². The summed E-state index contributed by atoms with van der Waals surface area (Å²) < 4.78 is 16.4. The standard InChI is InChI=1S/C24H20N2O5/c1-29-19-13-12-16(22-25-18-11-7-6-10-17(18)23(27)26-22)14-20(19)31-21(24(28)30-2)15-8-4-3-5-9-15/h3-14,21H,1-2H3,(H,25,26,27). The summed E-state index contributed by atoms with van der Waals surface area (Å²) in [6.45, 7) is 0. The van der Waals surface area contributed by atoms with Crippen LogP contribution in [0.25, 0.3) is 22.3 Å². The molecule has 4 rings (SSSR count). The lowest BCUT2D eigenvalue weighted by Crippen LogP contribution is -2.20. The largest absolute Gasteiger partial charge is 0.493 e. The molecule has 0 aliphatic rings. The van der Waals surface area contributed by atoms with Crippen molar-refractivity contribution < 1.29 is 19.0 Å². The van der Waals surface area contributed by atoms with Crippen molar-refractivity contribution in [2.24, 2.45) is 0 Å². The maximum absolute atomic E-state index is 12.5. The molecule has 0 saturated heterocycles. The van der Waals surface area contributed by atoms with Crippen LogP contribution in [0.15, 0.2) is 77.6 Å². The third-order valence-electron chi connectivity index (χ3n) is 4.81. The summed E-state index contributed by atoms with van der Waals surface area (Å²) in [5, 5.41) is 0.506. The molecule has 1 unspecified atom stereocenters. The molecule has 31 heavy (non-hydrogen) atoms. The van der Waals surface area contributed by atoms with E-state index in [0.29, 0.717) is 39.4 Å². The summed E-state index contributed by atoms with van der Waals surface area (Å²) in [5.41, 5.74) is 1.58.